The number of halogens is 2. The van der Waals surface area contributed by atoms with Crippen LogP contribution in [0, 0.1) is 18.6 Å². The van der Waals surface area contributed by atoms with Gasteiger partial charge in [0.05, 0.1) is 5.39 Å². The quantitative estimate of drug-likeness (QED) is 0.377. The molecule has 0 saturated heterocycles. The number of nitrogens with zero attached hydrogens (tertiary/aromatic N) is 2. The number of carbonyl (C=O) groups is 1. The average Bonchev–Trinajstić information content (AvgIpc) is 3.45. The first-order chi connectivity index (χ1) is 16.0. The Balaban J connectivity index is 1.40. The van der Waals surface area contributed by atoms with Gasteiger partial charge in [0.15, 0.2) is 5.58 Å². The molecule has 6 nitrogen and oxygen atoms in total. The van der Waals surface area contributed by atoms with Crippen LogP contribution in [0.25, 0.3) is 33.8 Å². The van der Waals surface area contributed by atoms with Crippen molar-refractivity contribution < 1.29 is 22.5 Å². The molecule has 2 aromatic heterocycles. The topological polar surface area (TPSA) is 81.2 Å². The molecular formula is C25H17F2N3O3. The van der Waals surface area contributed by atoms with Crippen molar-refractivity contribution in [2.75, 3.05) is 0 Å². The van der Waals surface area contributed by atoms with E-state index in [0.29, 0.717) is 33.8 Å². The molecule has 2 heterocycles. The maximum atomic E-state index is 13.8. The molecule has 164 valence electrons. The highest BCUT2D eigenvalue weighted by molar-refractivity contribution is 6.00. The predicted molar refractivity (Wildman–Crippen MR) is 117 cm³/mol. The fourth-order valence-electron chi connectivity index (χ4n) is 3.42. The van der Waals surface area contributed by atoms with Gasteiger partial charge in [0.1, 0.15) is 29.3 Å². The third-order valence-electron chi connectivity index (χ3n) is 5.23. The summed E-state index contributed by atoms with van der Waals surface area (Å²) in [7, 11) is 0. The van der Waals surface area contributed by atoms with E-state index in [4.69, 9.17) is 8.94 Å². The highest BCUT2D eigenvalue weighted by atomic mass is 19.1. The van der Waals surface area contributed by atoms with E-state index in [0.717, 1.165) is 23.3 Å². The van der Waals surface area contributed by atoms with Gasteiger partial charge in [0.2, 0.25) is 5.89 Å². The SMILES string of the molecule is Cc1ccc(-c2nc(-c3noc4ccc(C(=O)NCc5ccc(F)cc5F)cc34)co2)cc1. The van der Waals surface area contributed by atoms with Crippen LogP contribution in [0.15, 0.2) is 75.9 Å². The Labute approximate surface area is 186 Å². The first-order valence-corrected chi connectivity index (χ1v) is 10.1. The standard InChI is InChI=1S/C25H17F2N3O3/c1-14-2-4-15(5-3-14)25-29-21(13-32-25)23-19-10-16(7-9-22(19)33-30-23)24(31)28-12-17-6-8-18(26)11-20(17)27/h2-11,13H,12H2,1H3,(H,28,31). The Morgan fingerprint density at radius 1 is 1.03 bits per heavy atom. The largest absolute Gasteiger partial charge is 0.444 e. The Kier molecular flexibility index (Phi) is 5.18. The highest BCUT2D eigenvalue weighted by Crippen LogP contribution is 2.30. The van der Waals surface area contributed by atoms with E-state index in [1.54, 1.807) is 18.2 Å². The van der Waals surface area contributed by atoms with Crippen molar-refractivity contribution in [2.24, 2.45) is 0 Å². The van der Waals surface area contributed by atoms with Gasteiger partial charge in [-0.3, -0.25) is 4.79 Å². The Bertz CT molecular complexity index is 1470. The van der Waals surface area contributed by atoms with Crippen LogP contribution in [0.5, 0.6) is 0 Å². The molecule has 5 aromatic rings. The summed E-state index contributed by atoms with van der Waals surface area (Å²) in [4.78, 5) is 17.1. The van der Waals surface area contributed by atoms with E-state index in [-0.39, 0.29) is 12.1 Å². The molecule has 8 heteroatoms. The van der Waals surface area contributed by atoms with Crippen molar-refractivity contribution in [3.05, 3.63) is 95.3 Å². The third kappa shape index (κ3) is 4.10. The molecule has 1 N–H and O–H groups in total. The minimum Gasteiger partial charge on any atom is -0.444 e. The second-order valence-electron chi connectivity index (χ2n) is 7.56. The van der Waals surface area contributed by atoms with Gasteiger partial charge in [-0.05, 0) is 43.3 Å². The number of aryl methyl sites for hydroxylation is 1. The molecule has 0 unspecified atom stereocenters. The summed E-state index contributed by atoms with van der Waals surface area (Å²) >= 11 is 0. The molecule has 0 aliphatic carbocycles. The second kappa shape index (κ2) is 8.31. The smallest absolute Gasteiger partial charge is 0.251 e. The van der Waals surface area contributed by atoms with Crippen LogP contribution >= 0.6 is 0 Å². The number of hydrogen-bond donors (Lipinski definition) is 1. The Morgan fingerprint density at radius 3 is 2.64 bits per heavy atom. The molecule has 5 rings (SSSR count). The van der Waals surface area contributed by atoms with Gasteiger partial charge in [-0.25, -0.2) is 13.8 Å². The number of aromatic nitrogens is 2. The maximum absolute atomic E-state index is 13.8. The fourth-order valence-corrected chi connectivity index (χ4v) is 3.42. The first-order valence-electron chi connectivity index (χ1n) is 10.1. The average molecular weight is 445 g/mol. The summed E-state index contributed by atoms with van der Waals surface area (Å²) in [5.74, 6) is -1.38. The van der Waals surface area contributed by atoms with Crippen LogP contribution in [-0.2, 0) is 6.54 Å². The van der Waals surface area contributed by atoms with Gasteiger partial charge in [-0.2, -0.15) is 0 Å². The summed E-state index contributed by atoms with van der Waals surface area (Å²) in [5.41, 5.74) is 3.85. The zero-order valence-electron chi connectivity index (χ0n) is 17.4. The molecule has 0 spiro atoms. The minimum atomic E-state index is -0.720. The third-order valence-corrected chi connectivity index (χ3v) is 5.23. The lowest BCUT2D eigenvalue weighted by Gasteiger charge is -2.06. The zero-order valence-corrected chi connectivity index (χ0v) is 17.4. The molecule has 0 atom stereocenters. The van der Waals surface area contributed by atoms with Crippen LogP contribution in [0.3, 0.4) is 0 Å². The highest BCUT2D eigenvalue weighted by Gasteiger charge is 2.18. The minimum absolute atomic E-state index is 0.0807. The van der Waals surface area contributed by atoms with Crippen molar-refractivity contribution >= 4 is 16.9 Å². The van der Waals surface area contributed by atoms with Gasteiger partial charge in [0.25, 0.3) is 5.91 Å². The number of hydrogen-bond acceptors (Lipinski definition) is 5. The Hall–Kier alpha value is -4.33. The molecule has 0 aliphatic rings. The number of nitrogens with one attached hydrogen (secondary N) is 1. The van der Waals surface area contributed by atoms with Crippen LogP contribution in [0.1, 0.15) is 21.5 Å². The van der Waals surface area contributed by atoms with Crippen molar-refractivity contribution in [3.8, 4) is 22.8 Å². The number of benzene rings is 3. The molecular weight excluding hydrogens is 428 g/mol. The van der Waals surface area contributed by atoms with Crippen LogP contribution < -0.4 is 5.32 Å². The monoisotopic (exact) mass is 445 g/mol. The lowest BCUT2D eigenvalue weighted by atomic mass is 10.1. The molecule has 33 heavy (non-hydrogen) atoms. The lowest BCUT2D eigenvalue weighted by Crippen LogP contribution is -2.23. The van der Waals surface area contributed by atoms with E-state index >= 15 is 0 Å². The number of oxazole rings is 1. The van der Waals surface area contributed by atoms with Gasteiger partial charge >= 0.3 is 0 Å². The molecule has 1 amide bonds. The van der Waals surface area contributed by atoms with Crippen LogP contribution in [0.4, 0.5) is 8.78 Å². The van der Waals surface area contributed by atoms with Crippen molar-refractivity contribution in [1.29, 1.82) is 0 Å². The van der Waals surface area contributed by atoms with Crippen molar-refractivity contribution in [1.82, 2.24) is 15.5 Å². The van der Waals surface area contributed by atoms with Gasteiger partial charge in [0, 0.05) is 29.3 Å². The summed E-state index contributed by atoms with van der Waals surface area (Å²) in [6.07, 6.45) is 1.48. The molecule has 0 aliphatic heterocycles. The Morgan fingerprint density at radius 2 is 1.85 bits per heavy atom. The van der Waals surface area contributed by atoms with E-state index < -0.39 is 17.5 Å². The zero-order chi connectivity index (χ0) is 22.9. The molecule has 3 aromatic carbocycles. The summed E-state index contributed by atoms with van der Waals surface area (Å²) in [6.45, 7) is 1.92. The molecule has 0 radical (unpaired) electrons. The predicted octanol–water partition coefficient (Wildman–Crippen LogP) is 5.67. The van der Waals surface area contributed by atoms with E-state index in [1.807, 2.05) is 31.2 Å². The van der Waals surface area contributed by atoms with E-state index in [1.165, 1.54) is 12.3 Å². The summed E-state index contributed by atoms with van der Waals surface area (Å²) in [6, 6.07) is 15.8. The number of rotatable bonds is 5. The summed E-state index contributed by atoms with van der Waals surface area (Å²) < 4.78 is 37.9. The second-order valence-corrected chi connectivity index (χ2v) is 7.56. The van der Waals surface area contributed by atoms with Crippen LogP contribution in [0.2, 0.25) is 0 Å². The van der Waals surface area contributed by atoms with E-state index in [9.17, 15) is 13.6 Å². The van der Waals surface area contributed by atoms with Crippen LogP contribution in [-0.4, -0.2) is 16.0 Å². The van der Waals surface area contributed by atoms with Gasteiger partial charge in [-0.1, -0.05) is 28.9 Å². The van der Waals surface area contributed by atoms with Crippen molar-refractivity contribution in [2.45, 2.75) is 13.5 Å². The summed E-state index contributed by atoms with van der Waals surface area (Å²) in [5, 5.41) is 7.30. The van der Waals surface area contributed by atoms with Gasteiger partial charge < -0.3 is 14.3 Å². The maximum Gasteiger partial charge on any atom is 0.251 e. The molecule has 0 saturated carbocycles. The van der Waals surface area contributed by atoms with Gasteiger partial charge in [-0.15, -0.1) is 0 Å². The number of fused-ring (bicyclic) bond motifs is 1. The fraction of sp³-hybridized carbons (Fsp3) is 0.0800. The number of amides is 1. The normalized spacial score (nSPS) is 11.1. The number of carbonyl (C=O) groups excluding carboxylic acids is 1. The lowest BCUT2D eigenvalue weighted by molar-refractivity contribution is 0.0950. The van der Waals surface area contributed by atoms with E-state index in [2.05, 4.69) is 15.5 Å². The molecule has 0 bridgehead atoms. The first kappa shape index (κ1) is 20.6. The van der Waals surface area contributed by atoms with Crippen molar-refractivity contribution in [3.63, 3.8) is 0 Å². The molecule has 0 fully saturated rings.